The maximum Gasteiger partial charge on any atom is 0.0577 e. The van der Waals surface area contributed by atoms with Gasteiger partial charge in [-0.05, 0) is 25.5 Å². The largest absolute Gasteiger partial charge is 0.397 e. The molecule has 4 N–H and O–H groups in total. The lowest BCUT2D eigenvalue weighted by molar-refractivity contribution is 1.47. The fourth-order valence-electron chi connectivity index (χ4n) is 1.24. The molecule has 2 aromatic carbocycles. The topological polar surface area (TPSA) is 52.0 Å². The third-order valence-corrected chi connectivity index (χ3v) is 2.30. The lowest BCUT2D eigenvalue weighted by Crippen LogP contribution is -1.95. The van der Waals surface area contributed by atoms with Gasteiger partial charge in [0.05, 0.1) is 11.4 Å². The summed E-state index contributed by atoms with van der Waals surface area (Å²) in [6, 6.07) is 15.9. The zero-order valence-corrected chi connectivity index (χ0v) is 9.77. The summed E-state index contributed by atoms with van der Waals surface area (Å²) in [5.74, 6) is 0. The Morgan fingerprint density at radius 1 is 0.750 bits per heavy atom. The highest BCUT2D eigenvalue weighted by Crippen LogP contribution is 2.17. The molecule has 0 aliphatic heterocycles. The first-order valence-electron chi connectivity index (χ1n) is 5.23. The molecule has 0 aromatic heterocycles. The number of aryl methyl sites for hydroxylation is 2. The van der Waals surface area contributed by atoms with Crippen LogP contribution in [0.5, 0.6) is 0 Å². The molecule has 0 fully saturated rings. The first kappa shape index (κ1) is 12.1. The Hall–Kier alpha value is -1.96. The summed E-state index contributed by atoms with van der Waals surface area (Å²) in [5.41, 5.74) is 14.8. The van der Waals surface area contributed by atoms with Gasteiger partial charge in [-0.1, -0.05) is 48.0 Å². The van der Waals surface area contributed by atoms with Gasteiger partial charge in [0.2, 0.25) is 0 Å². The van der Waals surface area contributed by atoms with Crippen molar-refractivity contribution < 1.29 is 0 Å². The maximum atomic E-state index is 5.56. The van der Waals surface area contributed by atoms with Crippen LogP contribution in [-0.4, -0.2) is 0 Å². The lowest BCUT2D eigenvalue weighted by Gasteiger charge is -2.00. The van der Waals surface area contributed by atoms with Crippen molar-refractivity contribution in [1.29, 1.82) is 0 Å². The average molecular weight is 214 g/mol. The minimum Gasteiger partial charge on any atom is -0.397 e. The van der Waals surface area contributed by atoms with Crippen molar-refractivity contribution in [2.75, 3.05) is 11.5 Å². The Morgan fingerprint density at radius 3 is 1.75 bits per heavy atom. The summed E-state index contributed by atoms with van der Waals surface area (Å²) in [7, 11) is 0. The molecule has 0 saturated carbocycles. The fraction of sp³-hybridized carbons (Fsp3) is 0.143. The molecule has 0 saturated heterocycles. The van der Waals surface area contributed by atoms with E-state index in [0.29, 0.717) is 11.4 Å². The number of anilines is 2. The molecule has 0 amide bonds. The van der Waals surface area contributed by atoms with Gasteiger partial charge < -0.3 is 11.5 Å². The number of nitrogens with two attached hydrogens (primary N) is 2. The van der Waals surface area contributed by atoms with Crippen molar-refractivity contribution in [3.8, 4) is 0 Å². The minimum atomic E-state index is 0.662. The Kier molecular flexibility index (Phi) is 4.40. The molecule has 84 valence electrons. The third-order valence-electron chi connectivity index (χ3n) is 2.30. The Balaban J connectivity index is 0.000000165. The van der Waals surface area contributed by atoms with Crippen LogP contribution < -0.4 is 11.5 Å². The number of para-hydroxylation sites is 1. The first-order chi connectivity index (χ1) is 7.61. The van der Waals surface area contributed by atoms with Crippen molar-refractivity contribution in [1.82, 2.24) is 0 Å². The highest BCUT2D eigenvalue weighted by molar-refractivity contribution is 5.66. The molecule has 2 nitrogen and oxygen atoms in total. The number of benzene rings is 2. The SMILES string of the molecule is Cc1cccc(N)c1N.Cc1ccccc1. The maximum absolute atomic E-state index is 5.56. The van der Waals surface area contributed by atoms with E-state index in [9.17, 15) is 0 Å². The number of rotatable bonds is 0. The smallest absolute Gasteiger partial charge is 0.0577 e. The van der Waals surface area contributed by atoms with Crippen molar-refractivity contribution in [3.05, 3.63) is 59.7 Å². The van der Waals surface area contributed by atoms with Crippen LogP contribution in [0.25, 0.3) is 0 Å². The Labute approximate surface area is 96.9 Å². The molecule has 2 aromatic rings. The van der Waals surface area contributed by atoms with Crippen LogP contribution in [0.1, 0.15) is 11.1 Å². The van der Waals surface area contributed by atoms with E-state index in [4.69, 9.17) is 11.5 Å². The van der Waals surface area contributed by atoms with Crippen LogP contribution in [0.2, 0.25) is 0 Å². The second kappa shape index (κ2) is 5.81. The first-order valence-corrected chi connectivity index (χ1v) is 5.23. The zero-order valence-electron chi connectivity index (χ0n) is 9.77. The molecule has 0 bridgehead atoms. The van der Waals surface area contributed by atoms with Crippen molar-refractivity contribution in [2.24, 2.45) is 0 Å². The summed E-state index contributed by atoms with van der Waals surface area (Å²) in [6.45, 7) is 4.02. The van der Waals surface area contributed by atoms with E-state index in [0.717, 1.165) is 5.56 Å². The molecular weight excluding hydrogens is 196 g/mol. The van der Waals surface area contributed by atoms with E-state index in [2.05, 4.69) is 19.1 Å². The van der Waals surface area contributed by atoms with Crippen LogP contribution in [0.4, 0.5) is 11.4 Å². The van der Waals surface area contributed by atoms with Gasteiger partial charge in [-0.2, -0.15) is 0 Å². The van der Waals surface area contributed by atoms with Crippen molar-refractivity contribution in [3.63, 3.8) is 0 Å². The quantitative estimate of drug-likeness (QED) is 0.662. The Morgan fingerprint density at radius 2 is 1.38 bits per heavy atom. The van der Waals surface area contributed by atoms with E-state index in [1.807, 2.05) is 37.3 Å². The predicted octanol–water partition coefficient (Wildman–Crippen LogP) is 3.15. The Bertz CT molecular complexity index is 415. The number of hydrogen-bond acceptors (Lipinski definition) is 2. The standard InChI is InChI=1S/C7H10N2.C7H8/c1-5-3-2-4-6(8)7(5)9;1-7-5-3-2-4-6-7/h2-4H,8-9H2,1H3;2-6H,1H3. The van der Waals surface area contributed by atoms with Gasteiger partial charge in [-0.25, -0.2) is 0 Å². The van der Waals surface area contributed by atoms with E-state index >= 15 is 0 Å². The normalized spacial score (nSPS) is 9.12. The van der Waals surface area contributed by atoms with Crippen LogP contribution in [0, 0.1) is 13.8 Å². The molecule has 0 spiro atoms. The lowest BCUT2D eigenvalue weighted by atomic mass is 10.2. The summed E-state index contributed by atoms with van der Waals surface area (Å²) >= 11 is 0. The highest BCUT2D eigenvalue weighted by atomic mass is 14.7. The van der Waals surface area contributed by atoms with Crippen LogP contribution in [-0.2, 0) is 0 Å². The van der Waals surface area contributed by atoms with Gasteiger partial charge in [0.1, 0.15) is 0 Å². The molecule has 0 atom stereocenters. The molecular formula is C14H18N2. The van der Waals surface area contributed by atoms with Gasteiger partial charge in [0.15, 0.2) is 0 Å². The van der Waals surface area contributed by atoms with E-state index in [1.165, 1.54) is 5.56 Å². The molecule has 0 radical (unpaired) electrons. The highest BCUT2D eigenvalue weighted by Gasteiger charge is 1.93. The fourth-order valence-corrected chi connectivity index (χ4v) is 1.24. The summed E-state index contributed by atoms with van der Waals surface area (Å²) in [5, 5.41) is 0. The van der Waals surface area contributed by atoms with Crippen molar-refractivity contribution in [2.45, 2.75) is 13.8 Å². The summed E-state index contributed by atoms with van der Waals surface area (Å²) in [6.07, 6.45) is 0. The van der Waals surface area contributed by atoms with Crippen LogP contribution in [0.15, 0.2) is 48.5 Å². The second-order valence-electron chi connectivity index (χ2n) is 3.73. The molecule has 16 heavy (non-hydrogen) atoms. The van der Waals surface area contributed by atoms with E-state index in [1.54, 1.807) is 6.07 Å². The molecule has 0 heterocycles. The van der Waals surface area contributed by atoms with Crippen molar-refractivity contribution >= 4 is 11.4 Å². The molecule has 0 aliphatic carbocycles. The summed E-state index contributed by atoms with van der Waals surface area (Å²) in [4.78, 5) is 0. The molecule has 0 aliphatic rings. The second-order valence-corrected chi connectivity index (χ2v) is 3.73. The van der Waals surface area contributed by atoms with E-state index < -0.39 is 0 Å². The average Bonchev–Trinajstić information content (AvgIpc) is 2.28. The van der Waals surface area contributed by atoms with Gasteiger partial charge >= 0.3 is 0 Å². The van der Waals surface area contributed by atoms with Gasteiger partial charge in [0.25, 0.3) is 0 Å². The predicted molar refractivity (Wildman–Crippen MR) is 71.2 cm³/mol. The minimum absolute atomic E-state index is 0.662. The third kappa shape index (κ3) is 3.65. The van der Waals surface area contributed by atoms with E-state index in [-0.39, 0.29) is 0 Å². The van der Waals surface area contributed by atoms with Crippen LogP contribution in [0.3, 0.4) is 0 Å². The summed E-state index contributed by atoms with van der Waals surface area (Å²) < 4.78 is 0. The molecule has 0 unspecified atom stereocenters. The number of nitrogen functional groups attached to an aromatic ring is 2. The van der Waals surface area contributed by atoms with Gasteiger partial charge in [-0.3, -0.25) is 0 Å². The molecule has 2 heteroatoms. The van der Waals surface area contributed by atoms with Gasteiger partial charge in [0, 0.05) is 0 Å². The van der Waals surface area contributed by atoms with Crippen LogP contribution >= 0.6 is 0 Å². The van der Waals surface area contributed by atoms with Gasteiger partial charge in [-0.15, -0.1) is 0 Å². The monoisotopic (exact) mass is 214 g/mol. The number of hydrogen-bond donors (Lipinski definition) is 2. The molecule has 2 rings (SSSR count). The zero-order chi connectivity index (χ0) is 12.0.